The van der Waals surface area contributed by atoms with E-state index in [0.717, 1.165) is 25.0 Å². The van der Waals surface area contributed by atoms with Crippen molar-refractivity contribution < 1.29 is 31.8 Å². The number of hydrogen-bond donors (Lipinski definition) is 0. The lowest BCUT2D eigenvalue weighted by molar-refractivity contribution is -0.0549. The molecule has 1 fully saturated rings. The molecule has 0 unspecified atom stereocenters. The zero-order valence-electron chi connectivity index (χ0n) is 10.6. The summed E-state index contributed by atoms with van der Waals surface area (Å²) in [5.41, 5.74) is -0.370. The summed E-state index contributed by atoms with van der Waals surface area (Å²) >= 11 is 2.98. The van der Waals surface area contributed by atoms with E-state index >= 15 is 0 Å². The number of ether oxygens (including phenoxy) is 2. The number of hydrogen-bond acceptors (Lipinski definition) is 3. The van der Waals surface area contributed by atoms with Crippen LogP contribution in [0.5, 0.6) is 11.5 Å². The maximum Gasteiger partial charge on any atom is 0.387 e. The maximum absolute atomic E-state index is 12.4. The molecule has 0 saturated heterocycles. The number of halogens is 5. The number of alkyl halides is 4. The monoisotopic (exact) mass is 370 g/mol. The first-order valence-corrected chi connectivity index (χ1v) is 6.92. The Kier molecular flexibility index (Phi) is 5.08. The molecule has 0 bridgehead atoms. The van der Waals surface area contributed by atoms with Crippen molar-refractivity contribution in [1.29, 1.82) is 0 Å². The summed E-state index contributed by atoms with van der Waals surface area (Å²) in [7, 11) is 0. The first-order valence-electron chi connectivity index (χ1n) is 6.13. The standard InChI is InChI=1S/C13H11BrF4O3/c14-7-4-9(20-12(15)16)11(8(19)3-6-1-2-6)10(5-7)21-13(17)18/h4-6,12-13H,1-3H2. The third kappa shape index (κ3) is 4.59. The summed E-state index contributed by atoms with van der Waals surface area (Å²) in [5, 5.41) is 0. The van der Waals surface area contributed by atoms with Crippen molar-refractivity contribution in [3.63, 3.8) is 0 Å². The fourth-order valence-electron chi connectivity index (χ4n) is 1.90. The average molecular weight is 371 g/mol. The first kappa shape index (κ1) is 16.1. The second kappa shape index (κ2) is 6.64. The zero-order chi connectivity index (χ0) is 15.6. The van der Waals surface area contributed by atoms with E-state index in [9.17, 15) is 22.4 Å². The number of benzene rings is 1. The molecule has 0 radical (unpaired) electrons. The van der Waals surface area contributed by atoms with Crippen LogP contribution >= 0.6 is 15.9 Å². The van der Waals surface area contributed by atoms with Gasteiger partial charge in [0.25, 0.3) is 0 Å². The number of carbonyl (C=O) groups excluding carboxylic acids is 1. The summed E-state index contributed by atoms with van der Waals surface area (Å²) in [5.74, 6) is -1.32. The van der Waals surface area contributed by atoms with E-state index in [4.69, 9.17) is 0 Å². The minimum atomic E-state index is -3.17. The Hall–Kier alpha value is -1.31. The summed E-state index contributed by atoms with van der Waals surface area (Å²) in [4.78, 5) is 12.1. The van der Waals surface area contributed by atoms with Crippen molar-refractivity contribution in [1.82, 2.24) is 0 Å². The lowest BCUT2D eigenvalue weighted by Gasteiger charge is -2.15. The zero-order valence-corrected chi connectivity index (χ0v) is 12.2. The SMILES string of the molecule is O=C(CC1CC1)c1c(OC(F)F)cc(Br)cc1OC(F)F. The van der Waals surface area contributed by atoms with Crippen molar-refractivity contribution in [2.45, 2.75) is 32.5 Å². The molecule has 0 N–H and O–H groups in total. The van der Waals surface area contributed by atoms with Crippen molar-refractivity contribution >= 4 is 21.7 Å². The Morgan fingerprint density at radius 2 is 1.62 bits per heavy atom. The van der Waals surface area contributed by atoms with E-state index in [-0.39, 0.29) is 22.4 Å². The third-order valence-electron chi connectivity index (χ3n) is 2.91. The van der Waals surface area contributed by atoms with Gasteiger partial charge in [-0.15, -0.1) is 0 Å². The van der Waals surface area contributed by atoms with Gasteiger partial charge < -0.3 is 9.47 Å². The number of Topliss-reactive ketones (excluding diaryl/α,β-unsaturated/α-hetero) is 1. The molecule has 0 aromatic heterocycles. The van der Waals surface area contributed by atoms with E-state index < -0.39 is 30.5 Å². The maximum atomic E-state index is 12.4. The Morgan fingerprint density at radius 3 is 2.00 bits per heavy atom. The number of ketones is 1. The highest BCUT2D eigenvalue weighted by molar-refractivity contribution is 9.10. The highest BCUT2D eigenvalue weighted by Gasteiger charge is 2.30. The largest absolute Gasteiger partial charge is 0.434 e. The van der Waals surface area contributed by atoms with Gasteiger partial charge in [-0.2, -0.15) is 17.6 Å². The summed E-state index contributed by atoms with van der Waals surface area (Å²) in [6.45, 7) is -6.35. The van der Waals surface area contributed by atoms with Gasteiger partial charge in [-0.3, -0.25) is 4.79 Å². The summed E-state index contributed by atoms with van der Waals surface area (Å²) in [6, 6.07) is 2.26. The second-order valence-corrected chi connectivity index (χ2v) is 5.52. The molecule has 1 aromatic rings. The summed E-state index contributed by atoms with van der Waals surface area (Å²) < 4.78 is 58.4. The fraction of sp³-hybridized carbons (Fsp3) is 0.462. The van der Waals surface area contributed by atoms with E-state index in [1.165, 1.54) is 0 Å². The van der Waals surface area contributed by atoms with Crippen molar-refractivity contribution in [2.24, 2.45) is 5.92 Å². The predicted octanol–water partition coefficient (Wildman–Crippen LogP) is 4.63. The smallest absolute Gasteiger partial charge is 0.387 e. The van der Waals surface area contributed by atoms with E-state index in [1.54, 1.807) is 0 Å². The molecule has 0 atom stereocenters. The van der Waals surface area contributed by atoms with E-state index in [0.29, 0.717) is 0 Å². The molecule has 8 heteroatoms. The molecule has 0 amide bonds. The Labute approximate surface area is 126 Å². The quantitative estimate of drug-likeness (QED) is 0.518. The molecule has 1 aromatic carbocycles. The molecule has 116 valence electrons. The molecular weight excluding hydrogens is 360 g/mol. The third-order valence-corrected chi connectivity index (χ3v) is 3.37. The lowest BCUT2D eigenvalue weighted by atomic mass is 10.0. The number of carbonyl (C=O) groups is 1. The van der Waals surface area contributed by atoms with Crippen LogP contribution in [0.15, 0.2) is 16.6 Å². The minimum Gasteiger partial charge on any atom is -0.434 e. The highest BCUT2D eigenvalue weighted by atomic mass is 79.9. The predicted molar refractivity (Wildman–Crippen MR) is 69.1 cm³/mol. The Bertz CT molecular complexity index is 501. The van der Waals surface area contributed by atoms with Gasteiger partial charge in [-0.1, -0.05) is 15.9 Å². The van der Waals surface area contributed by atoms with Crippen LogP contribution in [-0.4, -0.2) is 19.0 Å². The minimum absolute atomic E-state index is 0.0980. The molecule has 0 aliphatic heterocycles. The van der Waals surface area contributed by atoms with Gasteiger partial charge in [0.2, 0.25) is 0 Å². The van der Waals surface area contributed by atoms with E-state index in [2.05, 4.69) is 25.4 Å². The normalized spacial score (nSPS) is 14.6. The Morgan fingerprint density at radius 1 is 1.14 bits per heavy atom. The Balaban J connectivity index is 2.40. The molecule has 2 rings (SSSR count). The van der Waals surface area contributed by atoms with Crippen LogP contribution in [0.4, 0.5) is 17.6 Å². The van der Waals surface area contributed by atoms with Crippen molar-refractivity contribution in [3.05, 3.63) is 22.2 Å². The molecule has 3 nitrogen and oxygen atoms in total. The van der Waals surface area contributed by atoms with Crippen LogP contribution in [-0.2, 0) is 0 Å². The average Bonchev–Trinajstić information content (AvgIpc) is 3.09. The van der Waals surface area contributed by atoms with Gasteiger partial charge in [0.15, 0.2) is 5.78 Å². The van der Waals surface area contributed by atoms with Gasteiger partial charge in [0, 0.05) is 10.9 Å². The number of rotatable bonds is 7. The van der Waals surface area contributed by atoms with Gasteiger partial charge in [0.05, 0.1) is 0 Å². The highest BCUT2D eigenvalue weighted by Crippen LogP contribution is 2.39. The van der Waals surface area contributed by atoms with Gasteiger partial charge >= 0.3 is 13.2 Å². The van der Waals surface area contributed by atoms with Crippen molar-refractivity contribution in [3.8, 4) is 11.5 Å². The van der Waals surface area contributed by atoms with Gasteiger partial charge in [-0.05, 0) is 30.9 Å². The van der Waals surface area contributed by atoms with Crippen LogP contribution < -0.4 is 9.47 Å². The van der Waals surface area contributed by atoms with Gasteiger partial charge in [0.1, 0.15) is 17.1 Å². The van der Waals surface area contributed by atoms with Crippen LogP contribution in [0, 0.1) is 5.92 Å². The second-order valence-electron chi connectivity index (χ2n) is 4.60. The molecule has 1 saturated carbocycles. The van der Waals surface area contributed by atoms with Crippen LogP contribution in [0.1, 0.15) is 29.6 Å². The molecular formula is C13H11BrF4O3. The summed E-state index contributed by atoms with van der Waals surface area (Å²) in [6.07, 6.45) is 1.82. The fourth-order valence-corrected chi connectivity index (χ4v) is 2.31. The molecule has 0 heterocycles. The molecule has 21 heavy (non-hydrogen) atoms. The topological polar surface area (TPSA) is 35.5 Å². The van der Waals surface area contributed by atoms with Crippen molar-refractivity contribution in [2.75, 3.05) is 0 Å². The molecule has 1 aliphatic carbocycles. The van der Waals surface area contributed by atoms with Gasteiger partial charge in [-0.25, -0.2) is 0 Å². The van der Waals surface area contributed by atoms with E-state index in [1.807, 2.05) is 0 Å². The van der Waals surface area contributed by atoms with Crippen LogP contribution in [0.25, 0.3) is 0 Å². The lowest BCUT2D eigenvalue weighted by Crippen LogP contribution is -2.13. The molecule has 1 aliphatic rings. The van der Waals surface area contributed by atoms with Crippen LogP contribution in [0.3, 0.4) is 0 Å². The molecule has 0 spiro atoms. The van der Waals surface area contributed by atoms with Crippen LogP contribution in [0.2, 0.25) is 0 Å². The first-order chi connectivity index (χ1) is 9.86.